The van der Waals surface area contributed by atoms with Gasteiger partial charge in [0.05, 0.1) is 16.0 Å². The summed E-state index contributed by atoms with van der Waals surface area (Å²) in [5.74, 6) is -2.17. The summed E-state index contributed by atoms with van der Waals surface area (Å²) in [6, 6.07) is 13.6. The minimum atomic E-state index is -4.40. The van der Waals surface area contributed by atoms with E-state index in [-0.39, 0.29) is 29.0 Å². The van der Waals surface area contributed by atoms with Crippen LogP contribution in [-0.4, -0.2) is 25.3 Å². The summed E-state index contributed by atoms with van der Waals surface area (Å²) in [6.45, 7) is 0.0415. The average molecular weight is 417 g/mol. The molecular formula is C19H15NO6S2. The number of aromatic carboxylic acids is 1. The van der Waals surface area contributed by atoms with Gasteiger partial charge in [0, 0.05) is 10.4 Å². The maximum atomic E-state index is 13.0. The van der Waals surface area contributed by atoms with Crippen LogP contribution in [0.25, 0.3) is 0 Å². The van der Waals surface area contributed by atoms with Crippen molar-refractivity contribution in [3.63, 3.8) is 0 Å². The number of nitrogens with two attached hydrogens (primary N) is 1. The number of hydrogen-bond donors (Lipinski definition) is 2. The molecule has 0 amide bonds. The van der Waals surface area contributed by atoms with Gasteiger partial charge in [-0.3, -0.25) is 4.79 Å². The highest BCUT2D eigenvalue weighted by molar-refractivity contribution is 7.89. The van der Waals surface area contributed by atoms with E-state index in [1.165, 1.54) is 23.5 Å². The number of carbonyl (C=O) groups is 2. The molecule has 9 heteroatoms. The number of sulfonamides is 1. The van der Waals surface area contributed by atoms with Crippen LogP contribution in [0.2, 0.25) is 0 Å². The van der Waals surface area contributed by atoms with E-state index < -0.39 is 26.7 Å². The number of carbonyl (C=O) groups excluding carboxylic acids is 1. The van der Waals surface area contributed by atoms with Gasteiger partial charge in [-0.15, -0.1) is 11.3 Å². The first-order chi connectivity index (χ1) is 13.3. The van der Waals surface area contributed by atoms with Gasteiger partial charge in [-0.05, 0) is 23.6 Å². The summed E-state index contributed by atoms with van der Waals surface area (Å²) < 4.78 is 29.9. The third-order valence-corrected chi connectivity index (χ3v) is 5.62. The standard InChI is InChI=1S/C19H15NO6S2/c20-28(24,25)16-10-13(19(22)23)9-15(26-11-14-7-4-8-27-14)17(16)18(21)12-5-2-1-3-6-12/h1-10H,11H2,(H,22,23)(H2,20,24,25). The van der Waals surface area contributed by atoms with Crippen molar-refractivity contribution in [2.75, 3.05) is 0 Å². The van der Waals surface area contributed by atoms with Crippen molar-refractivity contribution in [1.82, 2.24) is 0 Å². The molecule has 0 saturated carbocycles. The lowest BCUT2D eigenvalue weighted by Gasteiger charge is -2.15. The first-order valence-electron chi connectivity index (χ1n) is 7.96. The first kappa shape index (κ1) is 19.7. The molecule has 0 atom stereocenters. The molecule has 3 aromatic rings. The molecule has 1 heterocycles. The lowest BCUT2D eigenvalue weighted by molar-refractivity contribution is 0.0695. The van der Waals surface area contributed by atoms with Crippen molar-refractivity contribution in [3.05, 3.63) is 81.5 Å². The fraction of sp³-hybridized carbons (Fsp3) is 0.0526. The zero-order chi connectivity index (χ0) is 20.3. The molecule has 0 saturated heterocycles. The lowest BCUT2D eigenvalue weighted by Crippen LogP contribution is -2.19. The van der Waals surface area contributed by atoms with Gasteiger partial charge in [-0.2, -0.15) is 0 Å². The molecule has 1 aromatic heterocycles. The highest BCUT2D eigenvalue weighted by Gasteiger charge is 2.27. The van der Waals surface area contributed by atoms with Crippen LogP contribution < -0.4 is 9.88 Å². The number of rotatable bonds is 7. The molecule has 28 heavy (non-hydrogen) atoms. The maximum absolute atomic E-state index is 13.0. The lowest BCUT2D eigenvalue weighted by atomic mass is 10.0. The number of ether oxygens (including phenoxy) is 1. The van der Waals surface area contributed by atoms with Crippen LogP contribution in [0.5, 0.6) is 5.75 Å². The van der Waals surface area contributed by atoms with Gasteiger partial charge in [-0.25, -0.2) is 18.4 Å². The molecule has 0 aliphatic carbocycles. The Kier molecular flexibility index (Phi) is 5.59. The Morgan fingerprint density at radius 2 is 1.75 bits per heavy atom. The van der Waals surface area contributed by atoms with E-state index in [1.54, 1.807) is 24.3 Å². The van der Waals surface area contributed by atoms with Crippen molar-refractivity contribution < 1.29 is 27.9 Å². The van der Waals surface area contributed by atoms with Crippen molar-refractivity contribution in [3.8, 4) is 5.75 Å². The minimum Gasteiger partial charge on any atom is -0.487 e. The summed E-state index contributed by atoms with van der Waals surface area (Å²) in [5.41, 5.74) is -0.429. The van der Waals surface area contributed by atoms with Crippen LogP contribution in [0, 0.1) is 0 Å². The molecule has 2 aromatic carbocycles. The number of ketones is 1. The van der Waals surface area contributed by atoms with E-state index in [9.17, 15) is 23.1 Å². The second-order valence-corrected chi connectivity index (χ2v) is 8.32. The predicted molar refractivity (Wildman–Crippen MR) is 103 cm³/mol. The highest BCUT2D eigenvalue weighted by Crippen LogP contribution is 2.31. The summed E-state index contributed by atoms with van der Waals surface area (Å²) in [6.07, 6.45) is 0. The summed E-state index contributed by atoms with van der Waals surface area (Å²) in [7, 11) is -4.40. The fourth-order valence-electron chi connectivity index (χ4n) is 2.55. The summed E-state index contributed by atoms with van der Waals surface area (Å²) in [4.78, 5) is 24.7. The second-order valence-electron chi connectivity index (χ2n) is 5.76. The predicted octanol–water partition coefficient (Wildman–Crippen LogP) is 2.90. The molecule has 0 unspecified atom stereocenters. The SMILES string of the molecule is NS(=O)(=O)c1cc(C(=O)O)cc(OCc2cccs2)c1C(=O)c1ccccc1. The molecule has 0 radical (unpaired) electrons. The topological polar surface area (TPSA) is 124 Å². The van der Waals surface area contributed by atoms with Crippen molar-refractivity contribution in [1.29, 1.82) is 0 Å². The quantitative estimate of drug-likeness (QED) is 0.570. The number of carboxylic acid groups (broad SMARTS) is 1. The monoisotopic (exact) mass is 417 g/mol. The van der Waals surface area contributed by atoms with Crippen LogP contribution in [0.15, 0.2) is 64.9 Å². The first-order valence-corrected chi connectivity index (χ1v) is 10.4. The third-order valence-electron chi connectivity index (χ3n) is 3.83. The largest absolute Gasteiger partial charge is 0.487 e. The molecule has 0 fully saturated rings. The Hall–Kier alpha value is -3.01. The molecule has 3 N–H and O–H groups in total. The van der Waals surface area contributed by atoms with Crippen LogP contribution in [0.3, 0.4) is 0 Å². The molecule has 0 bridgehead atoms. The smallest absolute Gasteiger partial charge is 0.335 e. The van der Waals surface area contributed by atoms with Gasteiger partial charge >= 0.3 is 5.97 Å². The molecule has 7 nitrogen and oxygen atoms in total. The molecule has 0 aliphatic rings. The Morgan fingerprint density at radius 1 is 1.04 bits per heavy atom. The molecule has 0 aliphatic heterocycles. The van der Waals surface area contributed by atoms with E-state index in [2.05, 4.69) is 0 Å². The zero-order valence-electron chi connectivity index (χ0n) is 14.4. The van der Waals surface area contributed by atoms with Gasteiger partial charge in [0.2, 0.25) is 10.0 Å². The molecular weight excluding hydrogens is 402 g/mol. The van der Waals surface area contributed by atoms with E-state index >= 15 is 0 Å². The van der Waals surface area contributed by atoms with Crippen molar-refractivity contribution in [2.45, 2.75) is 11.5 Å². The Bertz CT molecular complexity index is 1120. The molecule has 0 spiro atoms. The van der Waals surface area contributed by atoms with Crippen molar-refractivity contribution in [2.24, 2.45) is 5.14 Å². The van der Waals surface area contributed by atoms with E-state index in [0.717, 1.165) is 17.0 Å². The fourth-order valence-corrected chi connectivity index (χ4v) is 3.94. The van der Waals surface area contributed by atoms with E-state index in [4.69, 9.17) is 9.88 Å². The van der Waals surface area contributed by atoms with Crippen LogP contribution in [-0.2, 0) is 16.6 Å². The van der Waals surface area contributed by atoms with Crippen molar-refractivity contribution >= 4 is 33.1 Å². The number of primary sulfonamides is 1. The van der Waals surface area contributed by atoms with E-state index in [0.29, 0.717) is 0 Å². The Morgan fingerprint density at radius 3 is 2.32 bits per heavy atom. The summed E-state index contributed by atoms with van der Waals surface area (Å²) >= 11 is 1.40. The summed E-state index contributed by atoms with van der Waals surface area (Å²) in [5, 5.41) is 16.4. The van der Waals surface area contributed by atoms with Crippen LogP contribution >= 0.6 is 11.3 Å². The minimum absolute atomic E-state index is 0.0415. The number of benzene rings is 2. The van der Waals surface area contributed by atoms with Gasteiger partial charge in [0.25, 0.3) is 0 Å². The van der Waals surface area contributed by atoms with Gasteiger partial charge in [0.15, 0.2) is 5.78 Å². The van der Waals surface area contributed by atoms with E-state index in [1.807, 2.05) is 11.4 Å². The molecule has 3 rings (SSSR count). The van der Waals surface area contributed by atoms with Gasteiger partial charge < -0.3 is 9.84 Å². The second kappa shape index (κ2) is 7.93. The number of carboxylic acids is 1. The average Bonchev–Trinajstić information content (AvgIpc) is 3.18. The number of hydrogen-bond acceptors (Lipinski definition) is 6. The Labute approximate surface area is 165 Å². The number of thiophene rings is 1. The Balaban J connectivity index is 2.20. The van der Waals surface area contributed by atoms with Gasteiger partial charge in [0.1, 0.15) is 12.4 Å². The van der Waals surface area contributed by atoms with Gasteiger partial charge in [-0.1, -0.05) is 36.4 Å². The maximum Gasteiger partial charge on any atom is 0.335 e. The molecule has 144 valence electrons. The zero-order valence-corrected chi connectivity index (χ0v) is 16.0. The third kappa shape index (κ3) is 4.28. The van der Waals surface area contributed by atoms with Crippen LogP contribution in [0.4, 0.5) is 0 Å². The highest BCUT2D eigenvalue weighted by atomic mass is 32.2. The van der Waals surface area contributed by atoms with Crippen LogP contribution in [0.1, 0.15) is 31.2 Å². The normalized spacial score (nSPS) is 11.2.